The lowest BCUT2D eigenvalue weighted by molar-refractivity contribution is -0.128. The van der Waals surface area contributed by atoms with Crippen LogP contribution in [0.3, 0.4) is 0 Å². The molecule has 3 rings (SSSR count). The second-order valence-corrected chi connectivity index (χ2v) is 8.20. The average Bonchev–Trinajstić information content (AvgIpc) is 2.91. The first-order valence-electron chi connectivity index (χ1n) is 8.48. The first-order chi connectivity index (χ1) is 13.4. The Bertz CT molecular complexity index is 945. The van der Waals surface area contributed by atoms with E-state index < -0.39 is 0 Å². The molecule has 28 heavy (non-hydrogen) atoms. The molecule has 2 amide bonds. The number of amides is 2. The molecule has 0 saturated carbocycles. The van der Waals surface area contributed by atoms with Crippen molar-refractivity contribution in [3.63, 3.8) is 0 Å². The van der Waals surface area contributed by atoms with Crippen LogP contribution in [0, 0.1) is 0 Å². The van der Waals surface area contributed by atoms with Crippen LogP contribution in [0.25, 0.3) is 6.08 Å². The molecule has 1 saturated heterocycles. The molecule has 2 aromatic carbocycles. The van der Waals surface area contributed by atoms with E-state index in [4.69, 9.17) is 23.8 Å². The molecule has 0 aliphatic carbocycles. The van der Waals surface area contributed by atoms with Gasteiger partial charge in [-0.1, -0.05) is 59.8 Å². The van der Waals surface area contributed by atoms with E-state index in [1.54, 1.807) is 48.5 Å². The maximum absolute atomic E-state index is 12.6. The van der Waals surface area contributed by atoms with Crippen molar-refractivity contribution in [2.24, 2.45) is 0 Å². The molecule has 0 aromatic heterocycles. The zero-order chi connectivity index (χ0) is 20.1. The summed E-state index contributed by atoms with van der Waals surface area (Å²) in [6, 6.07) is 13.9. The van der Waals surface area contributed by atoms with Gasteiger partial charge in [0.25, 0.3) is 5.91 Å². The summed E-state index contributed by atoms with van der Waals surface area (Å²) in [6.45, 7) is 0.309. The third-order valence-electron chi connectivity index (χ3n) is 3.99. The fourth-order valence-corrected chi connectivity index (χ4v) is 4.05. The summed E-state index contributed by atoms with van der Waals surface area (Å²) in [5, 5.41) is 12.6. The molecular weight excluding hydrogens is 416 g/mol. The van der Waals surface area contributed by atoms with Crippen LogP contribution in [0.15, 0.2) is 53.4 Å². The second kappa shape index (κ2) is 9.23. The monoisotopic (exact) mass is 432 g/mol. The number of rotatable bonds is 6. The summed E-state index contributed by atoms with van der Waals surface area (Å²) in [5.74, 6) is -0.365. The molecule has 0 radical (unpaired) electrons. The van der Waals surface area contributed by atoms with E-state index in [1.165, 1.54) is 16.7 Å². The topological polar surface area (TPSA) is 69.6 Å². The molecule has 1 aliphatic heterocycles. The fourth-order valence-electron chi connectivity index (χ4n) is 2.59. The molecule has 1 heterocycles. The lowest BCUT2D eigenvalue weighted by Crippen LogP contribution is -2.40. The van der Waals surface area contributed by atoms with Crippen molar-refractivity contribution in [2.75, 3.05) is 13.1 Å². The van der Waals surface area contributed by atoms with Gasteiger partial charge in [-0.05, 0) is 47.9 Å². The van der Waals surface area contributed by atoms with Crippen LogP contribution >= 0.6 is 35.6 Å². The largest absolute Gasteiger partial charge is 0.508 e. The quantitative estimate of drug-likeness (QED) is 0.539. The van der Waals surface area contributed by atoms with Gasteiger partial charge in [-0.25, -0.2) is 0 Å². The molecule has 0 bridgehead atoms. The van der Waals surface area contributed by atoms with E-state index in [-0.39, 0.29) is 24.1 Å². The Morgan fingerprint density at radius 2 is 2.00 bits per heavy atom. The summed E-state index contributed by atoms with van der Waals surface area (Å²) in [6.07, 6.45) is 2.34. The molecule has 0 atom stereocenters. The normalized spacial score (nSPS) is 15.3. The maximum Gasteiger partial charge on any atom is 0.266 e. The number of phenols is 1. The van der Waals surface area contributed by atoms with Crippen LogP contribution in [0.2, 0.25) is 5.02 Å². The first-order valence-corrected chi connectivity index (χ1v) is 10.1. The molecule has 0 spiro atoms. The number of thioether (sulfide) groups is 1. The summed E-state index contributed by atoms with van der Waals surface area (Å²) < 4.78 is 0.354. The Morgan fingerprint density at radius 1 is 1.25 bits per heavy atom. The Kier molecular flexibility index (Phi) is 6.72. The molecule has 0 unspecified atom stereocenters. The van der Waals surface area contributed by atoms with E-state index in [0.717, 1.165) is 11.1 Å². The van der Waals surface area contributed by atoms with Crippen molar-refractivity contribution in [2.45, 2.75) is 6.42 Å². The molecular formula is C20H17ClN2O3S2. The van der Waals surface area contributed by atoms with Gasteiger partial charge in [0.1, 0.15) is 16.6 Å². The molecule has 8 heteroatoms. The number of aromatic hydroxyl groups is 1. The van der Waals surface area contributed by atoms with Crippen molar-refractivity contribution in [1.82, 2.24) is 10.2 Å². The molecule has 1 fully saturated rings. The minimum absolute atomic E-state index is 0.118. The van der Waals surface area contributed by atoms with Crippen molar-refractivity contribution < 1.29 is 14.7 Å². The van der Waals surface area contributed by atoms with E-state index in [9.17, 15) is 14.7 Å². The zero-order valence-electron chi connectivity index (χ0n) is 14.7. The van der Waals surface area contributed by atoms with Gasteiger partial charge in [0.05, 0.1) is 4.91 Å². The molecule has 144 valence electrons. The number of nitrogens with one attached hydrogen (secondary N) is 1. The average molecular weight is 433 g/mol. The van der Waals surface area contributed by atoms with Crippen LogP contribution in [0.1, 0.15) is 11.1 Å². The van der Waals surface area contributed by atoms with E-state index in [1.807, 2.05) is 6.07 Å². The maximum atomic E-state index is 12.6. The molecule has 2 N–H and O–H groups in total. The van der Waals surface area contributed by atoms with Crippen molar-refractivity contribution in [1.29, 1.82) is 0 Å². The number of benzene rings is 2. The highest BCUT2D eigenvalue weighted by atomic mass is 35.5. The van der Waals surface area contributed by atoms with Gasteiger partial charge < -0.3 is 10.4 Å². The predicted molar refractivity (Wildman–Crippen MR) is 116 cm³/mol. The van der Waals surface area contributed by atoms with Crippen LogP contribution in [-0.4, -0.2) is 39.2 Å². The van der Waals surface area contributed by atoms with Gasteiger partial charge in [0, 0.05) is 11.6 Å². The Morgan fingerprint density at radius 3 is 2.71 bits per heavy atom. The highest BCUT2D eigenvalue weighted by Gasteiger charge is 2.33. The first kappa shape index (κ1) is 20.4. The van der Waals surface area contributed by atoms with E-state index in [0.29, 0.717) is 27.2 Å². The number of nitrogens with zero attached hydrogens (tertiary/aromatic N) is 1. The van der Waals surface area contributed by atoms with Gasteiger partial charge in [0.15, 0.2) is 0 Å². The SMILES string of the molecule is O=C(CN1C(=O)C(=Cc2cccc(Cl)c2)SC1=S)NCCc1ccc(O)cc1. The second-order valence-electron chi connectivity index (χ2n) is 6.09. The van der Waals surface area contributed by atoms with Crippen LogP contribution < -0.4 is 5.32 Å². The van der Waals surface area contributed by atoms with E-state index in [2.05, 4.69) is 5.32 Å². The van der Waals surface area contributed by atoms with Gasteiger partial charge >= 0.3 is 0 Å². The summed E-state index contributed by atoms with van der Waals surface area (Å²) in [4.78, 5) is 26.5. The van der Waals surface area contributed by atoms with Crippen molar-refractivity contribution in [3.05, 3.63) is 69.6 Å². The number of carbonyl (C=O) groups excluding carboxylic acids is 2. The van der Waals surface area contributed by atoms with Gasteiger partial charge in [0.2, 0.25) is 5.91 Å². The van der Waals surface area contributed by atoms with Crippen LogP contribution in [0.4, 0.5) is 0 Å². The Labute approximate surface area is 177 Å². The summed E-state index contributed by atoms with van der Waals surface area (Å²) >= 11 is 12.4. The molecule has 1 aliphatic rings. The highest BCUT2D eigenvalue weighted by molar-refractivity contribution is 8.26. The number of carbonyl (C=O) groups is 2. The van der Waals surface area contributed by atoms with Crippen molar-refractivity contribution >= 4 is 57.8 Å². The number of hydrogen-bond acceptors (Lipinski definition) is 5. The number of halogens is 1. The van der Waals surface area contributed by atoms with Gasteiger partial charge in [-0.2, -0.15) is 0 Å². The van der Waals surface area contributed by atoms with Crippen LogP contribution in [0.5, 0.6) is 5.75 Å². The molecule has 2 aromatic rings. The van der Waals surface area contributed by atoms with Gasteiger partial charge in [-0.3, -0.25) is 14.5 Å². The predicted octanol–water partition coefficient (Wildman–Crippen LogP) is 3.61. The number of thiocarbonyl (C=S) groups is 1. The third kappa shape index (κ3) is 5.34. The fraction of sp³-hybridized carbons (Fsp3) is 0.150. The summed E-state index contributed by atoms with van der Waals surface area (Å²) in [5.41, 5.74) is 1.79. The van der Waals surface area contributed by atoms with Crippen molar-refractivity contribution in [3.8, 4) is 5.75 Å². The standard InChI is InChI=1S/C20H17ClN2O3S2/c21-15-3-1-2-14(10-15)11-17-19(26)23(20(27)28-17)12-18(25)22-9-8-13-4-6-16(24)7-5-13/h1-7,10-11,24H,8-9,12H2,(H,22,25). The Balaban J connectivity index is 1.54. The number of phenolic OH excluding ortho intramolecular Hbond substituents is 1. The smallest absolute Gasteiger partial charge is 0.266 e. The van der Waals surface area contributed by atoms with E-state index >= 15 is 0 Å². The highest BCUT2D eigenvalue weighted by Crippen LogP contribution is 2.32. The lowest BCUT2D eigenvalue weighted by atomic mass is 10.1. The van der Waals surface area contributed by atoms with Crippen LogP contribution in [-0.2, 0) is 16.0 Å². The lowest BCUT2D eigenvalue weighted by Gasteiger charge is -2.14. The zero-order valence-corrected chi connectivity index (χ0v) is 17.1. The third-order valence-corrected chi connectivity index (χ3v) is 5.61. The minimum atomic E-state index is -0.288. The summed E-state index contributed by atoms with van der Waals surface area (Å²) in [7, 11) is 0. The Hall–Kier alpha value is -2.35. The van der Waals surface area contributed by atoms with Gasteiger partial charge in [-0.15, -0.1) is 0 Å². The molecule has 5 nitrogen and oxygen atoms in total. The number of hydrogen-bond donors (Lipinski definition) is 2. The minimum Gasteiger partial charge on any atom is -0.508 e.